The maximum Gasteiger partial charge on any atom is 0.141 e. The molecule has 1 N–H and O–H groups in total. The standard InChI is InChI=1S/C20H24N4OS/c1-3-25-16-7-5-15(6-8-16)17-14(2)26-20-18(17)19(22-13-23-20)24-11-4-9-21-10-12-24/h5-8,13,21H,3-4,9-12H2,1-2H3. The maximum absolute atomic E-state index is 5.59. The zero-order chi connectivity index (χ0) is 17.9. The van der Waals surface area contributed by atoms with Gasteiger partial charge >= 0.3 is 0 Å². The van der Waals surface area contributed by atoms with E-state index in [2.05, 4.69) is 39.2 Å². The van der Waals surface area contributed by atoms with Gasteiger partial charge in [-0.2, -0.15) is 0 Å². The highest BCUT2D eigenvalue weighted by Crippen LogP contribution is 2.41. The molecule has 1 aliphatic heterocycles. The van der Waals surface area contributed by atoms with E-state index in [0.717, 1.165) is 49.0 Å². The molecule has 6 heteroatoms. The lowest BCUT2D eigenvalue weighted by atomic mass is 10.0. The average Bonchev–Trinajstić information content (AvgIpc) is 2.83. The number of nitrogens with one attached hydrogen (secondary N) is 1. The van der Waals surface area contributed by atoms with Crippen molar-refractivity contribution >= 4 is 27.4 Å². The zero-order valence-electron chi connectivity index (χ0n) is 15.3. The second-order valence-electron chi connectivity index (χ2n) is 6.46. The van der Waals surface area contributed by atoms with Gasteiger partial charge in [-0.1, -0.05) is 12.1 Å². The van der Waals surface area contributed by atoms with Crippen LogP contribution in [0.3, 0.4) is 0 Å². The number of ether oxygens (including phenoxy) is 1. The molecule has 0 radical (unpaired) electrons. The molecular weight excluding hydrogens is 344 g/mol. The van der Waals surface area contributed by atoms with Crippen molar-refractivity contribution in [3.63, 3.8) is 0 Å². The lowest BCUT2D eigenvalue weighted by Crippen LogP contribution is -2.28. The Balaban J connectivity index is 1.82. The van der Waals surface area contributed by atoms with E-state index in [1.807, 2.05) is 19.1 Å². The normalized spacial score (nSPS) is 15.2. The van der Waals surface area contributed by atoms with Crippen LogP contribution in [-0.2, 0) is 0 Å². The first-order valence-electron chi connectivity index (χ1n) is 9.21. The fourth-order valence-corrected chi connectivity index (χ4v) is 4.57. The van der Waals surface area contributed by atoms with Gasteiger partial charge in [-0.3, -0.25) is 0 Å². The Morgan fingerprint density at radius 2 is 2.00 bits per heavy atom. The van der Waals surface area contributed by atoms with Crippen LogP contribution >= 0.6 is 11.3 Å². The minimum Gasteiger partial charge on any atom is -0.494 e. The number of hydrogen-bond donors (Lipinski definition) is 1. The number of nitrogens with zero attached hydrogens (tertiary/aromatic N) is 3. The van der Waals surface area contributed by atoms with E-state index in [1.165, 1.54) is 21.4 Å². The zero-order valence-corrected chi connectivity index (χ0v) is 16.1. The number of aryl methyl sites for hydroxylation is 1. The molecular formula is C20H24N4OS. The van der Waals surface area contributed by atoms with Crippen LogP contribution in [-0.4, -0.2) is 42.8 Å². The van der Waals surface area contributed by atoms with Crippen LogP contribution in [0.1, 0.15) is 18.2 Å². The number of benzene rings is 1. The van der Waals surface area contributed by atoms with Crippen molar-refractivity contribution in [3.05, 3.63) is 35.5 Å². The highest BCUT2D eigenvalue weighted by atomic mass is 32.1. The van der Waals surface area contributed by atoms with Gasteiger partial charge in [0, 0.05) is 30.1 Å². The average molecular weight is 369 g/mol. The molecule has 0 saturated carbocycles. The lowest BCUT2D eigenvalue weighted by Gasteiger charge is -2.22. The summed E-state index contributed by atoms with van der Waals surface area (Å²) in [6, 6.07) is 8.36. The van der Waals surface area contributed by atoms with Gasteiger partial charge in [0.1, 0.15) is 22.7 Å². The predicted molar refractivity (Wildman–Crippen MR) is 108 cm³/mol. The van der Waals surface area contributed by atoms with Crippen molar-refractivity contribution in [2.45, 2.75) is 20.3 Å². The first kappa shape index (κ1) is 17.2. The molecule has 1 fully saturated rings. The van der Waals surface area contributed by atoms with Crippen LogP contribution in [0.4, 0.5) is 5.82 Å². The topological polar surface area (TPSA) is 50.3 Å². The van der Waals surface area contributed by atoms with E-state index in [0.29, 0.717) is 6.61 Å². The molecule has 0 bridgehead atoms. The Labute approximate surface area is 158 Å². The van der Waals surface area contributed by atoms with Crippen molar-refractivity contribution in [2.75, 3.05) is 37.7 Å². The first-order chi connectivity index (χ1) is 12.8. The summed E-state index contributed by atoms with van der Waals surface area (Å²) >= 11 is 1.75. The van der Waals surface area contributed by atoms with Crippen molar-refractivity contribution in [3.8, 4) is 16.9 Å². The van der Waals surface area contributed by atoms with Crippen LogP contribution < -0.4 is 15.0 Å². The summed E-state index contributed by atoms with van der Waals surface area (Å²) in [5, 5.41) is 4.65. The van der Waals surface area contributed by atoms with Gasteiger partial charge in [0.2, 0.25) is 0 Å². The SMILES string of the molecule is CCOc1ccc(-c2c(C)sc3ncnc(N4CCCNCC4)c23)cc1. The number of rotatable bonds is 4. The van der Waals surface area contributed by atoms with E-state index >= 15 is 0 Å². The van der Waals surface area contributed by atoms with Gasteiger partial charge in [-0.25, -0.2) is 9.97 Å². The first-order valence-corrected chi connectivity index (χ1v) is 10.0. The molecule has 136 valence electrons. The second kappa shape index (κ2) is 7.60. The fourth-order valence-electron chi connectivity index (χ4n) is 3.56. The lowest BCUT2D eigenvalue weighted by molar-refractivity contribution is 0.340. The van der Waals surface area contributed by atoms with E-state index in [-0.39, 0.29) is 0 Å². The third kappa shape index (κ3) is 3.27. The highest BCUT2D eigenvalue weighted by molar-refractivity contribution is 7.19. The van der Waals surface area contributed by atoms with Crippen molar-refractivity contribution in [2.24, 2.45) is 0 Å². The summed E-state index contributed by atoms with van der Waals surface area (Å²) in [7, 11) is 0. The van der Waals surface area contributed by atoms with Crippen LogP contribution in [0.15, 0.2) is 30.6 Å². The van der Waals surface area contributed by atoms with Gasteiger partial charge in [0.15, 0.2) is 0 Å². The Morgan fingerprint density at radius 3 is 2.81 bits per heavy atom. The molecule has 1 saturated heterocycles. The molecule has 1 aliphatic rings. The van der Waals surface area contributed by atoms with Gasteiger partial charge in [-0.15, -0.1) is 11.3 Å². The molecule has 4 rings (SSSR count). The third-order valence-corrected chi connectivity index (χ3v) is 5.75. The van der Waals surface area contributed by atoms with Crippen LogP contribution in [0.2, 0.25) is 0 Å². The Bertz CT molecular complexity index is 883. The number of aromatic nitrogens is 2. The summed E-state index contributed by atoms with van der Waals surface area (Å²) in [5.74, 6) is 1.97. The van der Waals surface area contributed by atoms with Crippen LogP contribution in [0, 0.1) is 6.92 Å². The number of anilines is 1. The quantitative estimate of drug-likeness (QED) is 0.758. The van der Waals surface area contributed by atoms with Gasteiger partial charge in [0.25, 0.3) is 0 Å². The monoisotopic (exact) mass is 368 g/mol. The molecule has 2 aromatic heterocycles. The molecule has 3 aromatic rings. The molecule has 1 aromatic carbocycles. The Kier molecular flexibility index (Phi) is 5.04. The molecule has 0 spiro atoms. The minimum absolute atomic E-state index is 0.681. The van der Waals surface area contributed by atoms with E-state index in [4.69, 9.17) is 4.74 Å². The van der Waals surface area contributed by atoms with E-state index < -0.39 is 0 Å². The second-order valence-corrected chi connectivity index (χ2v) is 7.66. The summed E-state index contributed by atoms with van der Waals surface area (Å²) in [4.78, 5) is 14.0. The van der Waals surface area contributed by atoms with Crippen molar-refractivity contribution in [1.29, 1.82) is 0 Å². The largest absolute Gasteiger partial charge is 0.494 e. The number of hydrogen-bond acceptors (Lipinski definition) is 6. The van der Waals surface area contributed by atoms with E-state index in [9.17, 15) is 0 Å². The summed E-state index contributed by atoms with van der Waals surface area (Å²) in [5.41, 5.74) is 2.45. The summed E-state index contributed by atoms with van der Waals surface area (Å²) in [6.07, 6.45) is 2.83. The molecule has 0 amide bonds. The third-order valence-electron chi connectivity index (χ3n) is 4.74. The Morgan fingerprint density at radius 1 is 1.15 bits per heavy atom. The maximum atomic E-state index is 5.59. The predicted octanol–water partition coefficient (Wildman–Crippen LogP) is 3.87. The molecule has 0 atom stereocenters. The molecule has 5 nitrogen and oxygen atoms in total. The molecule has 0 aliphatic carbocycles. The van der Waals surface area contributed by atoms with Crippen molar-refractivity contribution < 1.29 is 4.74 Å². The molecule has 3 heterocycles. The Hall–Kier alpha value is -2.18. The van der Waals surface area contributed by atoms with Crippen LogP contribution in [0.25, 0.3) is 21.3 Å². The number of thiophene rings is 1. The van der Waals surface area contributed by atoms with E-state index in [1.54, 1.807) is 17.7 Å². The van der Waals surface area contributed by atoms with Gasteiger partial charge < -0.3 is 15.0 Å². The van der Waals surface area contributed by atoms with Crippen LogP contribution in [0.5, 0.6) is 5.75 Å². The number of fused-ring (bicyclic) bond motifs is 1. The molecule has 0 unspecified atom stereocenters. The molecule has 26 heavy (non-hydrogen) atoms. The summed E-state index contributed by atoms with van der Waals surface area (Å²) in [6.45, 7) is 8.92. The highest BCUT2D eigenvalue weighted by Gasteiger charge is 2.21. The smallest absolute Gasteiger partial charge is 0.141 e. The minimum atomic E-state index is 0.681. The fraction of sp³-hybridized carbons (Fsp3) is 0.400. The van der Waals surface area contributed by atoms with Gasteiger partial charge in [0.05, 0.1) is 12.0 Å². The summed E-state index contributed by atoms with van der Waals surface area (Å²) < 4.78 is 5.59. The van der Waals surface area contributed by atoms with Crippen molar-refractivity contribution in [1.82, 2.24) is 15.3 Å². The van der Waals surface area contributed by atoms with Gasteiger partial charge in [-0.05, 0) is 44.5 Å².